The summed E-state index contributed by atoms with van der Waals surface area (Å²) in [5.74, 6) is -1.89. The molecule has 0 aliphatic heterocycles. The summed E-state index contributed by atoms with van der Waals surface area (Å²) < 4.78 is 176. The summed E-state index contributed by atoms with van der Waals surface area (Å²) in [5, 5.41) is 0. The molecule has 0 radical (unpaired) electrons. The van der Waals surface area contributed by atoms with Crippen molar-refractivity contribution < 1.29 is 61.5 Å². The third kappa shape index (κ3) is 5.52. The van der Waals surface area contributed by atoms with E-state index in [9.17, 15) is 61.5 Å². The van der Waals surface area contributed by atoms with Gasteiger partial charge in [0.05, 0.1) is 0 Å². The van der Waals surface area contributed by atoms with Crippen molar-refractivity contribution in [1.82, 2.24) is 0 Å². The molecule has 0 fully saturated rings. The average Bonchev–Trinajstić information content (AvgIpc) is 2.40. The molecule has 0 aliphatic rings. The Labute approximate surface area is 143 Å². The van der Waals surface area contributed by atoms with Crippen LogP contribution in [0.2, 0.25) is 0 Å². The SMILES string of the molecule is CCC(CCCC(F)(C(F)(F)F)C(F)(F)F)CC(F)(C(F)(F)F)C(F)(F)F. The highest BCUT2D eigenvalue weighted by atomic mass is 19.4. The van der Waals surface area contributed by atoms with Crippen LogP contribution in [0.1, 0.15) is 39.0 Å². The van der Waals surface area contributed by atoms with Crippen LogP contribution in [0.15, 0.2) is 0 Å². The van der Waals surface area contributed by atoms with Crippen molar-refractivity contribution in [2.75, 3.05) is 0 Å². The van der Waals surface area contributed by atoms with Gasteiger partial charge in [-0.1, -0.05) is 19.8 Å². The average molecular weight is 436 g/mol. The van der Waals surface area contributed by atoms with E-state index in [0.29, 0.717) is 0 Å². The van der Waals surface area contributed by atoms with Crippen molar-refractivity contribution >= 4 is 0 Å². The largest absolute Gasteiger partial charge is 0.431 e. The quantitative estimate of drug-likeness (QED) is 0.369. The van der Waals surface area contributed by atoms with E-state index >= 15 is 0 Å². The van der Waals surface area contributed by atoms with Gasteiger partial charge in [0.2, 0.25) is 0 Å². The molecule has 0 nitrogen and oxygen atoms in total. The molecular formula is C13H14F14. The fourth-order valence-corrected chi connectivity index (χ4v) is 2.32. The number of rotatable bonds is 7. The topological polar surface area (TPSA) is 0 Å². The van der Waals surface area contributed by atoms with E-state index in [4.69, 9.17) is 0 Å². The van der Waals surface area contributed by atoms with Crippen molar-refractivity contribution in [3.8, 4) is 0 Å². The van der Waals surface area contributed by atoms with Crippen molar-refractivity contribution in [2.24, 2.45) is 5.92 Å². The summed E-state index contributed by atoms with van der Waals surface area (Å²) in [7, 11) is 0. The van der Waals surface area contributed by atoms with Gasteiger partial charge in [-0.05, 0) is 18.8 Å². The predicted octanol–water partition coefficient (Wildman–Crippen LogP) is 7.24. The number of hydrogen-bond donors (Lipinski definition) is 0. The molecule has 0 rings (SSSR count). The first kappa shape index (κ1) is 26.0. The lowest BCUT2D eigenvalue weighted by Gasteiger charge is -2.33. The second-order valence-electron chi connectivity index (χ2n) is 5.96. The second-order valence-corrected chi connectivity index (χ2v) is 5.96. The van der Waals surface area contributed by atoms with Crippen LogP contribution in [0.3, 0.4) is 0 Å². The molecule has 0 saturated heterocycles. The highest BCUT2D eigenvalue weighted by molar-refractivity contribution is 4.97. The van der Waals surface area contributed by atoms with Crippen LogP contribution in [0.5, 0.6) is 0 Å². The van der Waals surface area contributed by atoms with Gasteiger partial charge in [0.25, 0.3) is 11.3 Å². The van der Waals surface area contributed by atoms with E-state index in [1.54, 1.807) is 0 Å². The van der Waals surface area contributed by atoms with Gasteiger partial charge in [-0.2, -0.15) is 52.7 Å². The fourth-order valence-electron chi connectivity index (χ4n) is 2.32. The molecule has 0 saturated carbocycles. The summed E-state index contributed by atoms with van der Waals surface area (Å²) in [6.45, 7) is 0.966. The number of halogens is 14. The highest BCUT2D eigenvalue weighted by Gasteiger charge is 2.73. The Morgan fingerprint density at radius 2 is 0.889 bits per heavy atom. The van der Waals surface area contributed by atoms with Crippen LogP contribution in [-0.4, -0.2) is 36.0 Å². The molecule has 0 amide bonds. The van der Waals surface area contributed by atoms with Gasteiger partial charge >= 0.3 is 24.7 Å². The molecule has 0 bridgehead atoms. The summed E-state index contributed by atoms with van der Waals surface area (Å²) in [6, 6.07) is 0. The smallest absolute Gasteiger partial charge is 0.224 e. The molecule has 0 aromatic rings. The van der Waals surface area contributed by atoms with E-state index < -0.39 is 74.1 Å². The first-order chi connectivity index (χ1) is 11.6. The van der Waals surface area contributed by atoms with Gasteiger partial charge in [0, 0.05) is 6.42 Å². The third-order valence-corrected chi connectivity index (χ3v) is 4.08. The fraction of sp³-hybridized carbons (Fsp3) is 1.00. The predicted molar refractivity (Wildman–Crippen MR) is 64.1 cm³/mol. The minimum absolute atomic E-state index is 0.616. The van der Waals surface area contributed by atoms with Crippen molar-refractivity contribution in [3.63, 3.8) is 0 Å². The monoisotopic (exact) mass is 436 g/mol. The Morgan fingerprint density at radius 1 is 0.556 bits per heavy atom. The Morgan fingerprint density at radius 3 is 1.15 bits per heavy atom. The van der Waals surface area contributed by atoms with Gasteiger partial charge in [-0.3, -0.25) is 0 Å². The summed E-state index contributed by atoms with van der Waals surface area (Å²) in [6.07, 6.45) is -33.2. The molecular weight excluding hydrogens is 422 g/mol. The van der Waals surface area contributed by atoms with Crippen LogP contribution in [0.25, 0.3) is 0 Å². The Balaban J connectivity index is 5.32. The molecule has 0 N–H and O–H groups in total. The van der Waals surface area contributed by atoms with E-state index in [1.165, 1.54) is 0 Å². The van der Waals surface area contributed by atoms with E-state index in [-0.39, 0.29) is 0 Å². The van der Waals surface area contributed by atoms with E-state index in [2.05, 4.69) is 0 Å². The molecule has 164 valence electrons. The minimum Gasteiger partial charge on any atom is -0.224 e. The Bertz CT molecular complexity index is 437. The summed E-state index contributed by atoms with van der Waals surface area (Å²) in [5.41, 5.74) is -11.4. The van der Waals surface area contributed by atoms with Crippen LogP contribution in [-0.2, 0) is 0 Å². The molecule has 14 heteroatoms. The lowest BCUT2D eigenvalue weighted by Crippen LogP contribution is -2.54. The minimum atomic E-state index is -6.40. The lowest BCUT2D eigenvalue weighted by atomic mass is 9.84. The van der Waals surface area contributed by atoms with Gasteiger partial charge in [0.1, 0.15) is 0 Å². The molecule has 1 atom stereocenters. The van der Waals surface area contributed by atoms with Gasteiger partial charge in [-0.25, -0.2) is 8.78 Å². The second kappa shape index (κ2) is 7.80. The molecule has 0 heterocycles. The maximum atomic E-state index is 13.6. The van der Waals surface area contributed by atoms with Crippen LogP contribution in [0.4, 0.5) is 61.5 Å². The van der Waals surface area contributed by atoms with Crippen LogP contribution in [0, 0.1) is 5.92 Å². The summed E-state index contributed by atoms with van der Waals surface area (Å²) in [4.78, 5) is 0. The van der Waals surface area contributed by atoms with Crippen molar-refractivity contribution in [1.29, 1.82) is 0 Å². The molecule has 27 heavy (non-hydrogen) atoms. The zero-order valence-corrected chi connectivity index (χ0v) is 13.4. The molecule has 0 spiro atoms. The molecule has 0 aliphatic carbocycles. The van der Waals surface area contributed by atoms with Gasteiger partial charge in [-0.15, -0.1) is 0 Å². The van der Waals surface area contributed by atoms with E-state index in [0.717, 1.165) is 6.92 Å². The third-order valence-electron chi connectivity index (χ3n) is 4.08. The first-order valence-electron chi connectivity index (χ1n) is 7.28. The zero-order valence-electron chi connectivity index (χ0n) is 13.4. The van der Waals surface area contributed by atoms with E-state index in [1.807, 2.05) is 0 Å². The molecule has 1 unspecified atom stereocenters. The Kier molecular flexibility index (Phi) is 7.52. The number of alkyl halides is 14. The lowest BCUT2D eigenvalue weighted by molar-refractivity contribution is -0.346. The maximum absolute atomic E-state index is 13.6. The van der Waals surface area contributed by atoms with Gasteiger partial charge in [0.15, 0.2) is 0 Å². The normalized spacial score (nSPS) is 16.6. The standard InChI is InChI=1S/C13H14F14/c1-2-7(6-9(15,12(22,23)24)13(25,26)27)4-3-5-8(14,10(16,17)18)11(19,20)21/h7H,2-6H2,1H3. The molecule has 0 aromatic carbocycles. The molecule has 0 aromatic heterocycles. The van der Waals surface area contributed by atoms with Crippen LogP contribution >= 0.6 is 0 Å². The highest BCUT2D eigenvalue weighted by Crippen LogP contribution is 2.52. The number of hydrogen-bond acceptors (Lipinski definition) is 0. The summed E-state index contributed by atoms with van der Waals surface area (Å²) >= 11 is 0. The van der Waals surface area contributed by atoms with Crippen molar-refractivity contribution in [2.45, 2.75) is 75.1 Å². The van der Waals surface area contributed by atoms with Gasteiger partial charge < -0.3 is 0 Å². The van der Waals surface area contributed by atoms with Crippen LogP contribution < -0.4 is 0 Å². The Hall–Kier alpha value is -0.980. The first-order valence-corrected chi connectivity index (χ1v) is 7.28. The zero-order chi connectivity index (χ0) is 22.1. The maximum Gasteiger partial charge on any atom is 0.431 e. The van der Waals surface area contributed by atoms with Crippen molar-refractivity contribution in [3.05, 3.63) is 0 Å².